The normalized spacial score (nSPS) is 11.9. The summed E-state index contributed by atoms with van der Waals surface area (Å²) in [5, 5.41) is 11.4. The van der Waals surface area contributed by atoms with Crippen LogP contribution in [0, 0.1) is 6.92 Å². The van der Waals surface area contributed by atoms with Crippen molar-refractivity contribution in [3.63, 3.8) is 0 Å². The van der Waals surface area contributed by atoms with Crippen LogP contribution in [0.1, 0.15) is 29.3 Å². The summed E-state index contributed by atoms with van der Waals surface area (Å²) in [7, 11) is 2.94. The molecule has 3 aromatic rings. The molecule has 32 heavy (non-hydrogen) atoms. The average molecular weight is 471 g/mol. The Kier molecular flexibility index (Phi) is 7.97. The molecule has 9 heteroatoms. The van der Waals surface area contributed by atoms with Gasteiger partial charge >= 0.3 is 0 Å². The molecule has 0 bridgehead atoms. The van der Waals surface area contributed by atoms with Crippen molar-refractivity contribution in [2.45, 2.75) is 20.5 Å². The number of oxime groups is 2. The lowest BCUT2D eigenvalue weighted by Gasteiger charge is -2.12. The van der Waals surface area contributed by atoms with E-state index in [4.69, 9.17) is 21.3 Å². The summed E-state index contributed by atoms with van der Waals surface area (Å²) < 4.78 is 4.47. The van der Waals surface area contributed by atoms with Gasteiger partial charge in [0.1, 0.15) is 25.1 Å². The van der Waals surface area contributed by atoms with E-state index in [-0.39, 0.29) is 18.2 Å². The van der Waals surface area contributed by atoms with Crippen molar-refractivity contribution in [2.75, 3.05) is 14.2 Å². The maximum absolute atomic E-state index is 12.3. The second kappa shape index (κ2) is 10.9. The van der Waals surface area contributed by atoms with Gasteiger partial charge in [0.25, 0.3) is 5.91 Å². The van der Waals surface area contributed by atoms with Crippen molar-refractivity contribution in [1.82, 2.24) is 9.69 Å². The Morgan fingerprint density at radius 2 is 1.94 bits per heavy atom. The third-order valence-electron chi connectivity index (χ3n) is 4.71. The Labute approximate surface area is 195 Å². The van der Waals surface area contributed by atoms with Gasteiger partial charge in [0.2, 0.25) is 0 Å². The lowest BCUT2D eigenvalue weighted by molar-refractivity contribution is -0.114. The summed E-state index contributed by atoms with van der Waals surface area (Å²) in [6.07, 6.45) is 0. The highest BCUT2D eigenvalue weighted by atomic mass is 35.5. The van der Waals surface area contributed by atoms with Crippen molar-refractivity contribution in [3.05, 3.63) is 75.9 Å². The molecule has 0 atom stereocenters. The monoisotopic (exact) mass is 470 g/mol. The second-order valence-electron chi connectivity index (χ2n) is 6.84. The van der Waals surface area contributed by atoms with Gasteiger partial charge in [0, 0.05) is 23.2 Å². The summed E-state index contributed by atoms with van der Waals surface area (Å²) >= 11 is 7.35. The van der Waals surface area contributed by atoms with Crippen LogP contribution in [0.15, 0.2) is 58.8 Å². The molecule has 0 unspecified atom stereocenters. The van der Waals surface area contributed by atoms with Gasteiger partial charge < -0.3 is 15.0 Å². The van der Waals surface area contributed by atoms with Crippen LogP contribution in [0.3, 0.4) is 0 Å². The van der Waals surface area contributed by atoms with Crippen LogP contribution in [-0.2, 0) is 21.1 Å². The summed E-state index contributed by atoms with van der Waals surface area (Å²) in [5.41, 5.74) is 4.95. The Bertz CT molecular complexity index is 1160. The summed E-state index contributed by atoms with van der Waals surface area (Å²) in [4.78, 5) is 23.8. The fourth-order valence-corrected chi connectivity index (χ4v) is 3.89. The topological polar surface area (TPSA) is 85.2 Å². The minimum absolute atomic E-state index is 0.160. The molecule has 0 aliphatic heterocycles. The van der Waals surface area contributed by atoms with E-state index in [0.29, 0.717) is 16.3 Å². The van der Waals surface area contributed by atoms with Crippen LogP contribution in [0.25, 0.3) is 10.4 Å². The Morgan fingerprint density at radius 3 is 2.62 bits per heavy atom. The van der Waals surface area contributed by atoms with Gasteiger partial charge in [-0.15, -0.1) is 0 Å². The molecule has 0 spiro atoms. The van der Waals surface area contributed by atoms with E-state index in [1.54, 1.807) is 13.1 Å². The summed E-state index contributed by atoms with van der Waals surface area (Å²) in [5.74, 6) is -0.351. The molecule has 1 aromatic heterocycles. The van der Waals surface area contributed by atoms with Gasteiger partial charge in [-0.1, -0.05) is 52.2 Å². The van der Waals surface area contributed by atoms with Crippen LogP contribution in [0.5, 0.6) is 0 Å². The molecule has 0 radical (unpaired) electrons. The highest BCUT2D eigenvalue weighted by molar-refractivity contribution is 7.09. The molecule has 0 aliphatic rings. The van der Waals surface area contributed by atoms with Crippen molar-refractivity contribution in [2.24, 2.45) is 10.3 Å². The standard InChI is InChI=1S/C23H23ClN4O3S/c1-14-6-5-7-18(22(27-30-4)23(29)25-3)19(14)13-31-26-15(2)20-12-21(32-28-20)16-8-10-17(24)11-9-16/h5-12H,13H2,1-4H3,(H,25,29)/b26-15+,27-22+. The molecule has 3 rings (SSSR count). The van der Waals surface area contributed by atoms with E-state index in [1.165, 1.54) is 18.6 Å². The third-order valence-corrected chi connectivity index (χ3v) is 5.80. The fourth-order valence-electron chi connectivity index (χ4n) is 2.97. The number of benzene rings is 2. The molecule has 0 aliphatic carbocycles. The highest BCUT2D eigenvalue weighted by Gasteiger charge is 2.19. The number of halogens is 1. The smallest absolute Gasteiger partial charge is 0.273 e. The van der Waals surface area contributed by atoms with E-state index >= 15 is 0 Å². The molecule has 0 saturated carbocycles. The number of likely N-dealkylation sites (N-methyl/N-ethyl adjacent to an activating group) is 1. The van der Waals surface area contributed by atoms with Gasteiger partial charge in [-0.3, -0.25) is 4.79 Å². The molecule has 7 nitrogen and oxygen atoms in total. The number of nitrogens with zero attached hydrogens (tertiary/aromatic N) is 3. The highest BCUT2D eigenvalue weighted by Crippen LogP contribution is 2.26. The van der Waals surface area contributed by atoms with Crippen LogP contribution in [0.4, 0.5) is 0 Å². The van der Waals surface area contributed by atoms with Crippen LogP contribution in [0.2, 0.25) is 5.02 Å². The maximum Gasteiger partial charge on any atom is 0.273 e. The zero-order valence-electron chi connectivity index (χ0n) is 18.2. The zero-order valence-corrected chi connectivity index (χ0v) is 19.8. The predicted molar refractivity (Wildman–Crippen MR) is 128 cm³/mol. The molecular weight excluding hydrogens is 448 g/mol. The quantitative estimate of drug-likeness (QED) is 0.378. The van der Waals surface area contributed by atoms with Crippen LogP contribution in [-0.4, -0.2) is 35.9 Å². The minimum Gasteiger partial charge on any atom is -0.398 e. The maximum atomic E-state index is 12.3. The van der Waals surface area contributed by atoms with Gasteiger partial charge in [0.05, 0.1) is 4.88 Å². The number of aromatic nitrogens is 1. The molecule has 1 N–H and O–H groups in total. The first-order valence-electron chi connectivity index (χ1n) is 9.76. The SMILES string of the molecule is CNC(=O)/C(=N/OC)c1cccc(C)c1CO/N=C(\C)c1cc(-c2ccc(Cl)cc2)sn1. The summed E-state index contributed by atoms with van der Waals surface area (Å²) in [6, 6.07) is 15.1. The lowest BCUT2D eigenvalue weighted by Crippen LogP contribution is -2.29. The fraction of sp³-hybridized carbons (Fsp3) is 0.217. The molecular formula is C23H23ClN4O3S. The molecule has 1 heterocycles. The number of hydrogen-bond acceptors (Lipinski definition) is 7. The zero-order chi connectivity index (χ0) is 23.1. The van der Waals surface area contributed by atoms with E-state index in [9.17, 15) is 4.79 Å². The number of aryl methyl sites for hydroxylation is 1. The number of hydrogen-bond donors (Lipinski definition) is 1. The molecule has 0 fully saturated rings. The van der Waals surface area contributed by atoms with Crippen molar-refractivity contribution in [3.8, 4) is 10.4 Å². The molecule has 1 amide bonds. The van der Waals surface area contributed by atoms with E-state index in [0.717, 1.165) is 27.3 Å². The van der Waals surface area contributed by atoms with Gasteiger partial charge in [0.15, 0.2) is 5.71 Å². The molecule has 166 valence electrons. The minimum atomic E-state index is -0.351. The Morgan fingerprint density at radius 1 is 1.19 bits per heavy atom. The first kappa shape index (κ1) is 23.4. The largest absolute Gasteiger partial charge is 0.398 e. The van der Waals surface area contributed by atoms with E-state index in [1.807, 2.05) is 56.3 Å². The second-order valence-corrected chi connectivity index (χ2v) is 8.08. The van der Waals surface area contributed by atoms with Gasteiger partial charge in [-0.25, -0.2) is 0 Å². The van der Waals surface area contributed by atoms with Crippen LogP contribution >= 0.6 is 23.1 Å². The van der Waals surface area contributed by atoms with Crippen molar-refractivity contribution in [1.29, 1.82) is 0 Å². The average Bonchev–Trinajstić information content (AvgIpc) is 3.29. The number of carbonyl (C=O) groups is 1. The summed E-state index contributed by atoms with van der Waals surface area (Å²) in [6.45, 7) is 3.93. The first-order valence-corrected chi connectivity index (χ1v) is 10.9. The first-order chi connectivity index (χ1) is 15.4. The Balaban J connectivity index is 1.78. The van der Waals surface area contributed by atoms with E-state index in [2.05, 4.69) is 20.0 Å². The van der Waals surface area contributed by atoms with Crippen molar-refractivity contribution < 1.29 is 14.5 Å². The number of rotatable bonds is 8. The van der Waals surface area contributed by atoms with E-state index < -0.39 is 0 Å². The number of carbonyl (C=O) groups excluding carboxylic acids is 1. The Hall–Kier alpha value is -3.23. The molecule has 2 aromatic carbocycles. The number of amides is 1. The van der Waals surface area contributed by atoms with Gasteiger partial charge in [-0.2, -0.15) is 4.37 Å². The van der Waals surface area contributed by atoms with Crippen LogP contribution < -0.4 is 5.32 Å². The lowest BCUT2D eigenvalue weighted by atomic mass is 9.98. The number of nitrogens with one attached hydrogen (secondary N) is 1. The predicted octanol–water partition coefficient (Wildman–Crippen LogP) is 4.81. The van der Waals surface area contributed by atoms with Crippen molar-refractivity contribution >= 4 is 40.5 Å². The third kappa shape index (κ3) is 5.52. The molecule has 0 saturated heterocycles. The van der Waals surface area contributed by atoms with Gasteiger partial charge in [-0.05, 0) is 54.7 Å².